The maximum atomic E-state index is 12.7. The molecule has 0 aliphatic heterocycles. The predicted molar refractivity (Wildman–Crippen MR) is 95.2 cm³/mol. The Morgan fingerprint density at radius 3 is 2.88 bits per heavy atom. The van der Waals surface area contributed by atoms with Gasteiger partial charge in [-0.2, -0.15) is 0 Å². The lowest BCUT2D eigenvalue weighted by Crippen LogP contribution is -2.04. The van der Waals surface area contributed by atoms with Crippen molar-refractivity contribution in [3.05, 3.63) is 57.0 Å². The van der Waals surface area contributed by atoms with E-state index in [-0.39, 0.29) is 5.56 Å². The molecule has 0 saturated heterocycles. The van der Waals surface area contributed by atoms with Crippen LogP contribution in [0.4, 0.5) is 11.5 Å². The number of furan rings is 1. The van der Waals surface area contributed by atoms with Gasteiger partial charge in [0.1, 0.15) is 11.3 Å². The van der Waals surface area contributed by atoms with Crippen LogP contribution in [0.15, 0.2) is 33.8 Å². The highest BCUT2D eigenvalue weighted by Gasteiger charge is 2.23. The largest absolute Gasteiger partial charge is 0.867 e. The smallest absolute Gasteiger partial charge is 0.266 e. The molecule has 0 fully saturated rings. The molecule has 1 aromatic carbocycles. The Labute approximate surface area is 149 Å². The molecule has 2 heterocycles. The monoisotopic (exact) mass is 350 g/mol. The van der Waals surface area contributed by atoms with E-state index >= 15 is 0 Å². The van der Waals surface area contributed by atoms with Crippen LogP contribution in [0.2, 0.25) is 0 Å². The highest BCUT2D eigenvalue weighted by atomic mass is 16.6. The summed E-state index contributed by atoms with van der Waals surface area (Å²) in [6, 6.07) is 4.86. The van der Waals surface area contributed by atoms with Gasteiger partial charge in [0.05, 0.1) is 11.0 Å². The first-order valence-electron chi connectivity index (χ1n) is 8.44. The summed E-state index contributed by atoms with van der Waals surface area (Å²) in [6.07, 6.45) is 6.59. The molecule has 4 rings (SSSR count). The molecule has 0 saturated carbocycles. The SMILES string of the molecule is Cc1ccnc(N=Cc2c([O-])c([N+](=O)[O-])cc3oc4c(c23)CCCC4)c1. The molecule has 0 bridgehead atoms. The van der Waals surface area contributed by atoms with Crippen molar-refractivity contribution in [2.75, 3.05) is 0 Å². The number of benzene rings is 1. The number of aryl methyl sites for hydroxylation is 3. The molecule has 26 heavy (non-hydrogen) atoms. The summed E-state index contributed by atoms with van der Waals surface area (Å²) >= 11 is 0. The van der Waals surface area contributed by atoms with Crippen molar-refractivity contribution in [1.29, 1.82) is 0 Å². The Kier molecular flexibility index (Phi) is 3.91. The number of aliphatic imine (C=N–C) groups is 1. The van der Waals surface area contributed by atoms with Crippen LogP contribution in [0.5, 0.6) is 5.75 Å². The molecule has 0 radical (unpaired) electrons. The minimum absolute atomic E-state index is 0.199. The van der Waals surface area contributed by atoms with Gasteiger partial charge in [0.15, 0.2) is 5.82 Å². The van der Waals surface area contributed by atoms with E-state index in [2.05, 4.69) is 9.98 Å². The first-order valence-corrected chi connectivity index (χ1v) is 8.44. The molecule has 7 heteroatoms. The Balaban J connectivity index is 1.94. The molecular formula is C19H16N3O4-. The molecule has 0 atom stereocenters. The zero-order valence-electron chi connectivity index (χ0n) is 14.2. The number of hydrogen-bond donors (Lipinski definition) is 0. The van der Waals surface area contributed by atoms with E-state index in [0.29, 0.717) is 16.8 Å². The van der Waals surface area contributed by atoms with Gasteiger partial charge < -0.3 is 9.52 Å². The normalized spacial score (nSPS) is 14.0. The summed E-state index contributed by atoms with van der Waals surface area (Å²) in [6.45, 7) is 1.91. The minimum Gasteiger partial charge on any atom is -0.867 e. The fourth-order valence-electron chi connectivity index (χ4n) is 3.41. The van der Waals surface area contributed by atoms with E-state index < -0.39 is 16.4 Å². The van der Waals surface area contributed by atoms with Crippen LogP contribution in [-0.4, -0.2) is 16.1 Å². The summed E-state index contributed by atoms with van der Waals surface area (Å²) in [4.78, 5) is 19.0. The molecule has 0 spiro atoms. The zero-order valence-corrected chi connectivity index (χ0v) is 14.2. The van der Waals surface area contributed by atoms with E-state index in [4.69, 9.17) is 4.42 Å². The third kappa shape index (κ3) is 2.71. The number of rotatable bonds is 3. The van der Waals surface area contributed by atoms with Crippen molar-refractivity contribution in [3.8, 4) is 5.75 Å². The molecule has 132 valence electrons. The van der Waals surface area contributed by atoms with Gasteiger partial charge in [0.25, 0.3) is 5.69 Å². The minimum atomic E-state index is -0.675. The van der Waals surface area contributed by atoms with Gasteiger partial charge in [-0.1, -0.05) is 0 Å². The number of nitrogens with zero attached hydrogens (tertiary/aromatic N) is 3. The number of nitro benzene ring substituents is 1. The van der Waals surface area contributed by atoms with Crippen molar-refractivity contribution < 1.29 is 14.4 Å². The van der Waals surface area contributed by atoms with E-state index in [1.807, 2.05) is 13.0 Å². The van der Waals surface area contributed by atoms with Crippen molar-refractivity contribution in [2.45, 2.75) is 32.6 Å². The molecule has 2 aromatic heterocycles. The van der Waals surface area contributed by atoms with Crippen LogP contribution in [0, 0.1) is 17.0 Å². The Morgan fingerprint density at radius 1 is 1.31 bits per heavy atom. The predicted octanol–water partition coefficient (Wildman–Crippen LogP) is 3.75. The Bertz CT molecular complexity index is 1050. The molecule has 0 unspecified atom stereocenters. The summed E-state index contributed by atoms with van der Waals surface area (Å²) < 4.78 is 5.83. The third-order valence-corrected chi connectivity index (χ3v) is 4.64. The fourth-order valence-corrected chi connectivity index (χ4v) is 3.41. The van der Waals surface area contributed by atoms with Gasteiger partial charge in [-0.25, -0.2) is 9.98 Å². The first kappa shape index (κ1) is 16.3. The van der Waals surface area contributed by atoms with Crippen LogP contribution in [-0.2, 0) is 12.8 Å². The topological polar surface area (TPSA) is 105 Å². The Hall–Kier alpha value is -3.22. The maximum Gasteiger partial charge on any atom is 0.266 e. The van der Waals surface area contributed by atoms with Gasteiger partial charge in [0, 0.05) is 35.3 Å². The zero-order chi connectivity index (χ0) is 18.3. The fraction of sp³-hybridized carbons (Fsp3) is 0.263. The van der Waals surface area contributed by atoms with Gasteiger partial charge in [-0.15, -0.1) is 0 Å². The highest BCUT2D eigenvalue weighted by molar-refractivity contribution is 6.05. The summed E-state index contributed by atoms with van der Waals surface area (Å²) in [5, 5.41) is 24.6. The molecule has 3 aromatic rings. The summed E-state index contributed by atoms with van der Waals surface area (Å²) in [5.74, 6) is 0.615. The van der Waals surface area contributed by atoms with Crippen molar-refractivity contribution in [2.24, 2.45) is 4.99 Å². The second-order valence-electron chi connectivity index (χ2n) is 6.43. The third-order valence-electron chi connectivity index (χ3n) is 4.64. The lowest BCUT2D eigenvalue weighted by atomic mass is 9.93. The van der Waals surface area contributed by atoms with Gasteiger partial charge in [-0.05, 0) is 49.6 Å². The average Bonchev–Trinajstić information content (AvgIpc) is 2.99. The second-order valence-corrected chi connectivity index (χ2v) is 6.43. The summed E-state index contributed by atoms with van der Waals surface area (Å²) in [7, 11) is 0. The maximum absolute atomic E-state index is 12.7. The number of nitro groups is 1. The molecule has 0 N–H and O–H groups in total. The number of aromatic nitrogens is 1. The quantitative estimate of drug-likeness (QED) is 0.406. The van der Waals surface area contributed by atoms with E-state index in [1.54, 1.807) is 12.3 Å². The van der Waals surface area contributed by atoms with Gasteiger partial charge in [-0.3, -0.25) is 10.1 Å². The lowest BCUT2D eigenvalue weighted by molar-refractivity contribution is -0.398. The molecular weight excluding hydrogens is 334 g/mol. The van der Waals surface area contributed by atoms with Crippen LogP contribution >= 0.6 is 0 Å². The van der Waals surface area contributed by atoms with Crippen LogP contribution in [0.25, 0.3) is 11.0 Å². The van der Waals surface area contributed by atoms with Crippen molar-refractivity contribution >= 4 is 28.7 Å². The second kappa shape index (κ2) is 6.25. The highest BCUT2D eigenvalue weighted by Crippen LogP contribution is 2.40. The lowest BCUT2D eigenvalue weighted by Gasteiger charge is -2.14. The standard InChI is InChI=1S/C19H17N3O4/c1-11-6-7-20-17(8-11)21-10-13-18-12-4-2-3-5-15(12)26-16(18)9-14(19(13)23)22(24)25/h6-10,23H,2-5H2,1H3/p-1. The molecule has 1 aliphatic carbocycles. The number of pyridine rings is 1. The average molecular weight is 350 g/mol. The number of fused-ring (bicyclic) bond motifs is 3. The Morgan fingerprint density at radius 2 is 2.12 bits per heavy atom. The summed E-state index contributed by atoms with van der Waals surface area (Å²) in [5.41, 5.74) is 2.03. The van der Waals surface area contributed by atoms with Crippen LogP contribution in [0.3, 0.4) is 0 Å². The van der Waals surface area contributed by atoms with E-state index in [9.17, 15) is 15.2 Å². The molecule has 0 amide bonds. The van der Waals surface area contributed by atoms with Crippen molar-refractivity contribution in [1.82, 2.24) is 4.98 Å². The van der Waals surface area contributed by atoms with Gasteiger partial charge >= 0.3 is 0 Å². The molecule has 1 aliphatic rings. The van der Waals surface area contributed by atoms with Crippen LogP contribution < -0.4 is 5.11 Å². The van der Waals surface area contributed by atoms with Crippen molar-refractivity contribution in [3.63, 3.8) is 0 Å². The van der Waals surface area contributed by atoms with E-state index in [1.165, 1.54) is 12.3 Å². The van der Waals surface area contributed by atoms with Crippen LogP contribution in [0.1, 0.15) is 35.3 Å². The number of hydrogen-bond acceptors (Lipinski definition) is 6. The molecule has 7 nitrogen and oxygen atoms in total. The first-order chi connectivity index (χ1) is 12.5. The van der Waals surface area contributed by atoms with E-state index in [0.717, 1.165) is 42.6 Å². The van der Waals surface area contributed by atoms with Gasteiger partial charge in [0.2, 0.25) is 0 Å².